The van der Waals surface area contributed by atoms with Crippen molar-refractivity contribution in [3.05, 3.63) is 0 Å². The Hall–Kier alpha value is -0.370. The van der Waals surface area contributed by atoms with Gasteiger partial charge in [-0.2, -0.15) is 0 Å². The molecule has 0 fully saturated rings. The molecule has 1 atom stereocenters. The molecule has 0 aliphatic carbocycles. The number of hydrogen-bond acceptors (Lipinski definition) is 2. The van der Waals surface area contributed by atoms with Gasteiger partial charge in [0.15, 0.2) is 5.78 Å². The van der Waals surface area contributed by atoms with Gasteiger partial charge >= 0.3 is 0 Å². The molecular weight excluding hydrogens is 200 g/mol. The molecule has 16 heavy (non-hydrogen) atoms. The maximum absolute atomic E-state index is 12.2. The summed E-state index contributed by atoms with van der Waals surface area (Å²) in [6, 6.07) is 0. The molecule has 2 heteroatoms. The van der Waals surface area contributed by atoms with E-state index in [0.717, 1.165) is 12.8 Å². The van der Waals surface area contributed by atoms with E-state index in [2.05, 4.69) is 34.6 Å². The fraction of sp³-hybridized carbons (Fsp3) is 0.929. The molecule has 0 aliphatic rings. The zero-order chi connectivity index (χ0) is 12.8. The highest BCUT2D eigenvalue weighted by Crippen LogP contribution is 2.26. The zero-order valence-corrected chi connectivity index (χ0v) is 11.8. The molecule has 0 saturated carbocycles. The van der Waals surface area contributed by atoms with Crippen LogP contribution in [0.3, 0.4) is 0 Å². The Morgan fingerprint density at radius 3 is 1.94 bits per heavy atom. The van der Waals surface area contributed by atoms with E-state index in [-0.39, 0.29) is 17.3 Å². The molecule has 0 heterocycles. The molecule has 0 aromatic rings. The van der Waals surface area contributed by atoms with Crippen LogP contribution in [0.15, 0.2) is 0 Å². The Morgan fingerprint density at radius 1 is 1.12 bits per heavy atom. The zero-order valence-electron chi connectivity index (χ0n) is 11.8. The smallest absolute Gasteiger partial charge is 0.162 e. The average molecular weight is 228 g/mol. The lowest BCUT2D eigenvalue weighted by molar-refractivity contribution is -0.138. The van der Waals surface area contributed by atoms with E-state index in [1.807, 2.05) is 6.92 Å². The van der Waals surface area contributed by atoms with Crippen molar-refractivity contribution in [3.63, 3.8) is 0 Å². The van der Waals surface area contributed by atoms with E-state index in [1.165, 1.54) is 0 Å². The second-order valence-corrected chi connectivity index (χ2v) is 5.55. The summed E-state index contributed by atoms with van der Waals surface area (Å²) >= 11 is 0. The minimum atomic E-state index is -0.252. The van der Waals surface area contributed by atoms with Crippen molar-refractivity contribution in [2.75, 3.05) is 6.61 Å². The summed E-state index contributed by atoms with van der Waals surface area (Å²) < 4.78 is 5.61. The summed E-state index contributed by atoms with van der Waals surface area (Å²) in [7, 11) is 0. The molecule has 0 amide bonds. The van der Waals surface area contributed by atoms with Crippen molar-refractivity contribution in [2.24, 2.45) is 11.3 Å². The number of Topliss-reactive ketones (excluding diaryl/α,β-unsaturated/α-hetero) is 1. The number of ether oxygens (including phenoxy) is 1. The van der Waals surface area contributed by atoms with Gasteiger partial charge in [-0.15, -0.1) is 0 Å². The second-order valence-electron chi connectivity index (χ2n) is 5.55. The van der Waals surface area contributed by atoms with Gasteiger partial charge in [0, 0.05) is 13.0 Å². The Bertz CT molecular complexity index is 199. The van der Waals surface area contributed by atoms with Crippen LogP contribution in [-0.4, -0.2) is 18.5 Å². The molecule has 0 rings (SSSR count). The predicted octanol–water partition coefficient (Wildman–Crippen LogP) is 3.83. The summed E-state index contributed by atoms with van der Waals surface area (Å²) in [6.07, 6.45) is 2.56. The van der Waals surface area contributed by atoms with Crippen LogP contribution in [-0.2, 0) is 9.53 Å². The van der Waals surface area contributed by atoms with Gasteiger partial charge in [-0.1, -0.05) is 47.5 Å². The van der Waals surface area contributed by atoms with E-state index in [1.54, 1.807) is 0 Å². The monoisotopic (exact) mass is 228 g/mol. The van der Waals surface area contributed by atoms with Crippen molar-refractivity contribution in [1.29, 1.82) is 0 Å². The van der Waals surface area contributed by atoms with Gasteiger partial charge in [0.05, 0.1) is 0 Å². The molecule has 0 aromatic carbocycles. The molecule has 96 valence electrons. The first-order valence-electron chi connectivity index (χ1n) is 6.51. The van der Waals surface area contributed by atoms with Gasteiger partial charge in [0.1, 0.15) is 6.10 Å². The molecule has 0 bridgehead atoms. The van der Waals surface area contributed by atoms with E-state index in [9.17, 15) is 4.79 Å². The third kappa shape index (κ3) is 5.11. The molecule has 0 aromatic heterocycles. The topological polar surface area (TPSA) is 26.3 Å². The van der Waals surface area contributed by atoms with Crippen molar-refractivity contribution in [2.45, 2.75) is 66.9 Å². The highest BCUT2D eigenvalue weighted by Gasteiger charge is 2.32. The molecule has 0 N–H and O–H groups in total. The molecule has 0 saturated heterocycles. The largest absolute Gasteiger partial charge is 0.370 e. The third-order valence-electron chi connectivity index (χ3n) is 3.06. The first-order valence-corrected chi connectivity index (χ1v) is 6.51. The highest BCUT2D eigenvalue weighted by molar-refractivity contribution is 5.84. The van der Waals surface area contributed by atoms with Crippen LogP contribution in [0, 0.1) is 11.3 Å². The van der Waals surface area contributed by atoms with E-state index >= 15 is 0 Å². The van der Waals surface area contributed by atoms with Gasteiger partial charge in [-0.3, -0.25) is 4.79 Å². The van der Waals surface area contributed by atoms with Gasteiger partial charge in [0.2, 0.25) is 0 Å². The fourth-order valence-corrected chi connectivity index (χ4v) is 1.96. The molecule has 0 aliphatic heterocycles. The SMILES string of the molecule is CCOC(C(=O)CC(CC)CC)C(C)(C)C. The molecule has 0 spiro atoms. The summed E-state index contributed by atoms with van der Waals surface area (Å²) in [5.41, 5.74) is -0.0981. The van der Waals surface area contributed by atoms with Crippen molar-refractivity contribution < 1.29 is 9.53 Å². The normalized spacial score (nSPS) is 14.2. The van der Waals surface area contributed by atoms with E-state index in [4.69, 9.17) is 4.74 Å². The molecule has 1 unspecified atom stereocenters. The maximum atomic E-state index is 12.2. The molecule has 0 radical (unpaired) electrons. The van der Waals surface area contributed by atoms with Crippen molar-refractivity contribution >= 4 is 5.78 Å². The lowest BCUT2D eigenvalue weighted by Gasteiger charge is -2.30. The highest BCUT2D eigenvalue weighted by atomic mass is 16.5. The summed E-state index contributed by atoms with van der Waals surface area (Å²) in [5.74, 6) is 0.779. The Labute approximate surface area is 101 Å². The number of ketones is 1. The van der Waals surface area contributed by atoms with Crippen LogP contribution in [0.5, 0.6) is 0 Å². The van der Waals surface area contributed by atoms with Crippen LogP contribution in [0.4, 0.5) is 0 Å². The van der Waals surface area contributed by atoms with Crippen LogP contribution in [0.2, 0.25) is 0 Å². The van der Waals surface area contributed by atoms with Crippen molar-refractivity contribution in [3.8, 4) is 0 Å². The molecule has 2 nitrogen and oxygen atoms in total. The van der Waals surface area contributed by atoms with Crippen LogP contribution in [0.1, 0.15) is 60.8 Å². The standard InChI is InChI=1S/C14H28O2/c1-7-11(8-2)10-12(15)13(16-9-3)14(4,5)6/h11,13H,7-10H2,1-6H3. The lowest BCUT2D eigenvalue weighted by atomic mass is 9.83. The number of hydrogen-bond donors (Lipinski definition) is 0. The lowest BCUT2D eigenvalue weighted by Crippen LogP contribution is -2.37. The fourth-order valence-electron chi connectivity index (χ4n) is 1.96. The Balaban J connectivity index is 4.50. The second kappa shape index (κ2) is 7.05. The first kappa shape index (κ1) is 15.6. The van der Waals surface area contributed by atoms with E-state index < -0.39 is 0 Å². The van der Waals surface area contributed by atoms with Gasteiger partial charge in [0.25, 0.3) is 0 Å². The summed E-state index contributed by atoms with van der Waals surface area (Å²) in [5, 5.41) is 0. The van der Waals surface area contributed by atoms with Gasteiger partial charge in [-0.25, -0.2) is 0 Å². The first-order chi connectivity index (χ1) is 7.36. The maximum Gasteiger partial charge on any atom is 0.162 e. The Kier molecular flexibility index (Phi) is 6.89. The predicted molar refractivity (Wildman–Crippen MR) is 68.6 cm³/mol. The average Bonchev–Trinajstić information content (AvgIpc) is 2.20. The quantitative estimate of drug-likeness (QED) is 0.662. The van der Waals surface area contributed by atoms with Gasteiger partial charge in [-0.05, 0) is 18.3 Å². The Morgan fingerprint density at radius 2 is 1.62 bits per heavy atom. The minimum absolute atomic E-state index is 0.0981. The van der Waals surface area contributed by atoms with Crippen LogP contribution < -0.4 is 0 Å². The third-order valence-corrected chi connectivity index (χ3v) is 3.06. The summed E-state index contributed by atoms with van der Waals surface area (Å²) in [6.45, 7) is 13.1. The molecular formula is C14H28O2. The number of carbonyl (C=O) groups excluding carboxylic acids is 1. The van der Waals surface area contributed by atoms with Crippen LogP contribution >= 0.6 is 0 Å². The summed E-state index contributed by atoms with van der Waals surface area (Å²) in [4.78, 5) is 12.2. The minimum Gasteiger partial charge on any atom is -0.370 e. The van der Waals surface area contributed by atoms with E-state index in [0.29, 0.717) is 18.9 Å². The number of carbonyl (C=O) groups is 1. The van der Waals surface area contributed by atoms with Crippen molar-refractivity contribution in [1.82, 2.24) is 0 Å². The van der Waals surface area contributed by atoms with Crippen LogP contribution in [0.25, 0.3) is 0 Å². The number of rotatable bonds is 7. The van der Waals surface area contributed by atoms with Gasteiger partial charge < -0.3 is 4.74 Å².